The SMILES string of the molecule is CC(=O)CC/C=C/C(N)=O. The van der Waals surface area contributed by atoms with E-state index in [2.05, 4.69) is 0 Å². The Morgan fingerprint density at radius 2 is 2.10 bits per heavy atom. The molecule has 0 aliphatic carbocycles. The first-order valence-corrected chi connectivity index (χ1v) is 3.08. The van der Waals surface area contributed by atoms with Crippen LogP contribution in [0, 0.1) is 0 Å². The zero-order valence-electron chi connectivity index (χ0n) is 5.96. The Morgan fingerprint density at radius 1 is 1.50 bits per heavy atom. The highest BCUT2D eigenvalue weighted by Crippen LogP contribution is 1.90. The van der Waals surface area contributed by atoms with Crippen molar-refractivity contribution >= 4 is 11.7 Å². The zero-order valence-corrected chi connectivity index (χ0v) is 5.96. The summed E-state index contributed by atoms with van der Waals surface area (Å²) >= 11 is 0. The van der Waals surface area contributed by atoms with Crippen molar-refractivity contribution in [2.45, 2.75) is 19.8 Å². The molecule has 0 heterocycles. The number of Topliss-reactive ketones (excluding diaryl/α,β-unsaturated/α-hetero) is 1. The average molecular weight is 141 g/mol. The summed E-state index contributed by atoms with van der Waals surface area (Å²) in [6, 6.07) is 0. The van der Waals surface area contributed by atoms with E-state index in [-0.39, 0.29) is 5.78 Å². The van der Waals surface area contributed by atoms with Crippen LogP contribution in [0.5, 0.6) is 0 Å². The van der Waals surface area contributed by atoms with E-state index >= 15 is 0 Å². The van der Waals surface area contributed by atoms with Crippen molar-refractivity contribution in [1.82, 2.24) is 0 Å². The van der Waals surface area contributed by atoms with Gasteiger partial charge in [-0.3, -0.25) is 4.79 Å². The van der Waals surface area contributed by atoms with Crippen molar-refractivity contribution in [3.8, 4) is 0 Å². The molecular formula is C7H11NO2. The lowest BCUT2D eigenvalue weighted by Crippen LogP contribution is -2.05. The number of rotatable bonds is 4. The van der Waals surface area contributed by atoms with Crippen molar-refractivity contribution in [2.75, 3.05) is 0 Å². The maximum absolute atomic E-state index is 10.3. The molecular weight excluding hydrogens is 130 g/mol. The Bertz CT molecular complexity index is 161. The topological polar surface area (TPSA) is 60.2 Å². The third-order valence-corrected chi connectivity index (χ3v) is 0.945. The first-order chi connectivity index (χ1) is 4.63. The molecule has 0 rings (SSSR count). The number of nitrogens with two attached hydrogens (primary N) is 1. The molecule has 0 fully saturated rings. The predicted molar refractivity (Wildman–Crippen MR) is 38.2 cm³/mol. The summed E-state index contributed by atoms with van der Waals surface area (Å²) in [5, 5.41) is 0. The van der Waals surface area contributed by atoms with Crippen molar-refractivity contribution in [3.63, 3.8) is 0 Å². The first kappa shape index (κ1) is 8.88. The summed E-state index contributed by atoms with van der Waals surface area (Å²) in [5.41, 5.74) is 4.80. The van der Waals surface area contributed by atoms with Gasteiger partial charge in [0.2, 0.25) is 5.91 Å². The molecule has 10 heavy (non-hydrogen) atoms. The van der Waals surface area contributed by atoms with Gasteiger partial charge >= 0.3 is 0 Å². The van der Waals surface area contributed by atoms with Gasteiger partial charge < -0.3 is 10.5 Å². The Hall–Kier alpha value is -1.12. The fourth-order valence-corrected chi connectivity index (χ4v) is 0.486. The van der Waals surface area contributed by atoms with E-state index in [0.717, 1.165) is 0 Å². The summed E-state index contributed by atoms with van der Waals surface area (Å²) in [5.74, 6) is -0.349. The van der Waals surface area contributed by atoms with Crippen molar-refractivity contribution < 1.29 is 9.59 Å². The van der Waals surface area contributed by atoms with Crippen LogP contribution < -0.4 is 5.73 Å². The quantitative estimate of drug-likeness (QED) is 0.576. The number of carbonyl (C=O) groups is 2. The Balaban J connectivity index is 3.36. The third-order valence-electron chi connectivity index (χ3n) is 0.945. The summed E-state index contributed by atoms with van der Waals surface area (Å²) in [6.45, 7) is 1.51. The number of primary amides is 1. The van der Waals surface area contributed by atoms with Crippen LogP contribution in [-0.4, -0.2) is 11.7 Å². The molecule has 0 aromatic heterocycles. The number of amides is 1. The number of carbonyl (C=O) groups excluding carboxylic acids is 2. The van der Waals surface area contributed by atoms with Gasteiger partial charge in [-0.15, -0.1) is 0 Å². The Morgan fingerprint density at radius 3 is 2.50 bits per heavy atom. The van der Waals surface area contributed by atoms with Gasteiger partial charge in [0.1, 0.15) is 5.78 Å². The number of allylic oxidation sites excluding steroid dienone is 1. The highest BCUT2D eigenvalue weighted by atomic mass is 16.1. The minimum Gasteiger partial charge on any atom is -0.366 e. The van der Waals surface area contributed by atoms with E-state index in [0.29, 0.717) is 12.8 Å². The van der Waals surface area contributed by atoms with E-state index in [9.17, 15) is 9.59 Å². The molecule has 0 unspecified atom stereocenters. The zero-order chi connectivity index (χ0) is 7.98. The second-order valence-electron chi connectivity index (χ2n) is 2.05. The summed E-state index contributed by atoms with van der Waals surface area (Å²) in [4.78, 5) is 20.4. The van der Waals surface area contributed by atoms with E-state index in [1.165, 1.54) is 13.0 Å². The summed E-state index contributed by atoms with van der Waals surface area (Å²) < 4.78 is 0. The van der Waals surface area contributed by atoms with Gasteiger partial charge in [0.15, 0.2) is 0 Å². The predicted octanol–water partition coefficient (Wildman–Crippen LogP) is 0.397. The van der Waals surface area contributed by atoms with Gasteiger partial charge in [-0.05, 0) is 19.4 Å². The molecule has 0 saturated carbocycles. The van der Waals surface area contributed by atoms with Crippen LogP contribution in [0.3, 0.4) is 0 Å². The molecule has 0 spiro atoms. The Kier molecular flexibility index (Phi) is 4.20. The van der Waals surface area contributed by atoms with Crippen molar-refractivity contribution in [2.24, 2.45) is 5.73 Å². The van der Waals surface area contributed by atoms with Gasteiger partial charge in [-0.1, -0.05) is 6.08 Å². The normalized spacial score (nSPS) is 10.1. The van der Waals surface area contributed by atoms with E-state index < -0.39 is 5.91 Å². The highest BCUT2D eigenvalue weighted by molar-refractivity contribution is 5.85. The second-order valence-corrected chi connectivity index (χ2v) is 2.05. The van der Waals surface area contributed by atoms with Gasteiger partial charge in [0, 0.05) is 6.42 Å². The van der Waals surface area contributed by atoms with Gasteiger partial charge in [-0.2, -0.15) is 0 Å². The van der Waals surface area contributed by atoms with Crippen LogP contribution in [0.2, 0.25) is 0 Å². The molecule has 0 bridgehead atoms. The molecule has 0 atom stereocenters. The minimum absolute atomic E-state index is 0.120. The van der Waals surface area contributed by atoms with Crippen molar-refractivity contribution in [1.29, 1.82) is 0 Å². The maximum Gasteiger partial charge on any atom is 0.241 e. The molecule has 3 heteroatoms. The second kappa shape index (κ2) is 4.73. The van der Waals surface area contributed by atoms with Crippen LogP contribution >= 0.6 is 0 Å². The molecule has 0 aliphatic rings. The molecule has 3 nitrogen and oxygen atoms in total. The van der Waals surface area contributed by atoms with Crippen LogP contribution in [-0.2, 0) is 9.59 Å². The van der Waals surface area contributed by atoms with Crippen LogP contribution in [0.4, 0.5) is 0 Å². The molecule has 0 aromatic rings. The minimum atomic E-state index is -0.469. The fraction of sp³-hybridized carbons (Fsp3) is 0.429. The number of hydrogen-bond acceptors (Lipinski definition) is 2. The highest BCUT2D eigenvalue weighted by Gasteiger charge is 1.88. The molecule has 2 N–H and O–H groups in total. The number of hydrogen-bond donors (Lipinski definition) is 1. The largest absolute Gasteiger partial charge is 0.366 e. The van der Waals surface area contributed by atoms with E-state index in [1.807, 2.05) is 0 Å². The molecule has 0 aromatic carbocycles. The smallest absolute Gasteiger partial charge is 0.241 e. The van der Waals surface area contributed by atoms with Crippen LogP contribution in [0.1, 0.15) is 19.8 Å². The average Bonchev–Trinajstić information content (AvgIpc) is 1.79. The lowest BCUT2D eigenvalue weighted by atomic mass is 10.2. The summed E-state index contributed by atoms with van der Waals surface area (Å²) in [6.07, 6.45) is 3.94. The van der Waals surface area contributed by atoms with E-state index in [1.54, 1.807) is 6.08 Å². The van der Waals surface area contributed by atoms with Crippen LogP contribution in [0.15, 0.2) is 12.2 Å². The number of ketones is 1. The Labute approximate surface area is 59.9 Å². The van der Waals surface area contributed by atoms with Crippen LogP contribution in [0.25, 0.3) is 0 Å². The van der Waals surface area contributed by atoms with Gasteiger partial charge in [0.05, 0.1) is 0 Å². The van der Waals surface area contributed by atoms with E-state index in [4.69, 9.17) is 5.73 Å². The monoisotopic (exact) mass is 141 g/mol. The lowest BCUT2D eigenvalue weighted by Gasteiger charge is -1.85. The lowest BCUT2D eigenvalue weighted by molar-refractivity contribution is -0.117. The molecule has 0 saturated heterocycles. The fourth-order valence-electron chi connectivity index (χ4n) is 0.486. The first-order valence-electron chi connectivity index (χ1n) is 3.08. The molecule has 1 amide bonds. The molecule has 0 radical (unpaired) electrons. The molecule has 56 valence electrons. The standard InChI is InChI=1S/C7H11NO2/c1-6(9)4-2-3-5-7(8)10/h3,5H,2,4H2,1H3,(H2,8,10)/b5-3+. The van der Waals surface area contributed by atoms with Gasteiger partial charge in [0.25, 0.3) is 0 Å². The third kappa shape index (κ3) is 6.88. The molecule has 0 aliphatic heterocycles. The maximum atomic E-state index is 10.3. The van der Waals surface area contributed by atoms with Crippen molar-refractivity contribution in [3.05, 3.63) is 12.2 Å². The summed E-state index contributed by atoms with van der Waals surface area (Å²) in [7, 11) is 0. The van der Waals surface area contributed by atoms with Gasteiger partial charge in [-0.25, -0.2) is 0 Å².